The molecule has 0 radical (unpaired) electrons. The highest BCUT2D eigenvalue weighted by Gasteiger charge is 2.16. The van der Waals surface area contributed by atoms with E-state index in [0.29, 0.717) is 17.0 Å². The molecule has 0 spiro atoms. The number of hydrogen-bond donors (Lipinski definition) is 1. The molecule has 1 unspecified atom stereocenters. The molecule has 0 fully saturated rings. The van der Waals surface area contributed by atoms with Crippen LogP contribution in [0.2, 0.25) is 0 Å². The van der Waals surface area contributed by atoms with Gasteiger partial charge >= 0.3 is 5.76 Å². The number of methoxy groups -OCH3 is 1. The minimum Gasteiger partial charge on any atom is -0.496 e. The number of rotatable bonds is 4. The van der Waals surface area contributed by atoms with Crippen LogP contribution in [0.15, 0.2) is 51.8 Å². The molecule has 3 rings (SSSR count). The molecule has 2 N–H and O–H groups in total. The van der Waals surface area contributed by atoms with Crippen LogP contribution in [0.3, 0.4) is 0 Å². The van der Waals surface area contributed by atoms with Crippen molar-refractivity contribution in [1.82, 2.24) is 9.55 Å². The Hall–Kier alpha value is -2.60. The molecule has 1 aromatic carbocycles. The molecule has 2 aromatic heterocycles. The number of nitrogens with two attached hydrogens (primary N) is 1. The Balaban J connectivity index is 1.98. The van der Waals surface area contributed by atoms with Gasteiger partial charge in [-0.1, -0.05) is 18.2 Å². The first-order valence-electron chi connectivity index (χ1n) is 6.53. The predicted molar refractivity (Wildman–Crippen MR) is 78.2 cm³/mol. The summed E-state index contributed by atoms with van der Waals surface area (Å²) in [6.45, 7) is 0.267. The van der Waals surface area contributed by atoms with Crippen LogP contribution < -0.4 is 16.2 Å². The van der Waals surface area contributed by atoms with E-state index in [1.165, 1.54) is 4.57 Å². The smallest absolute Gasteiger partial charge is 0.421 e. The molecule has 21 heavy (non-hydrogen) atoms. The number of fused-ring (bicyclic) bond motifs is 1. The molecule has 0 aliphatic carbocycles. The quantitative estimate of drug-likeness (QED) is 0.788. The normalized spacial score (nSPS) is 12.5. The summed E-state index contributed by atoms with van der Waals surface area (Å²) in [4.78, 5) is 16.1. The molecule has 6 nitrogen and oxygen atoms in total. The molecule has 0 amide bonds. The number of aromatic nitrogens is 2. The van der Waals surface area contributed by atoms with E-state index in [1.807, 2.05) is 24.3 Å². The summed E-state index contributed by atoms with van der Waals surface area (Å²) in [5, 5.41) is 0. The summed E-state index contributed by atoms with van der Waals surface area (Å²) < 4.78 is 11.9. The van der Waals surface area contributed by atoms with Gasteiger partial charge in [0, 0.05) is 11.8 Å². The fraction of sp³-hybridized carbons (Fsp3) is 0.200. The SMILES string of the molecule is COc1ccccc1C(N)Cn1c(=O)oc2cccnc21. The third-order valence-corrected chi connectivity index (χ3v) is 3.34. The molecule has 3 aromatic rings. The van der Waals surface area contributed by atoms with Crippen molar-refractivity contribution in [3.63, 3.8) is 0 Å². The van der Waals surface area contributed by atoms with Gasteiger partial charge in [0.2, 0.25) is 0 Å². The molecule has 0 aliphatic heterocycles. The number of nitrogens with zero attached hydrogens (tertiary/aromatic N) is 2. The van der Waals surface area contributed by atoms with Crippen molar-refractivity contribution in [3.05, 3.63) is 58.7 Å². The zero-order chi connectivity index (χ0) is 14.8. The van der Waals surface area contributed by atoms with Crippen molar-refractivity contribution < 1.29 is 9.15 Å². The molecule has 2 heterocycles. The first kappa shape index (κ1) is 13.4. The molecule has 0 bridgehead atoms. The lowest BCUT2D eigenvalue weighted by Crippen LogP contribution is -2.24. The Bertz CT molecular complexity index is 822. The average Bonchev–Trinajstić information content (AvgIpc) is 2.83. The molecular weight excluding hydrogens is 270 g/mol. The number of para-hydroxylation sites is 1. The second-order valence-corrected chi connectivity index (χ2v) is 4.65. The van der Waals surface area contributed by atoms with E-state index >= 15 is 0 Å². The van der Waals surface area contributed by atoms with Crippen molar-refractivity contribution in [2.75, 3.05) is 7.11 Å². The summed E-state index contributed by atoms with van der Waals surface area (Å²) in [6, 6.07) is 10.5. The van der Waals surface area contributed by atoms with Gasteiger partial charge in [0.05, 0.1) is 19.7 Å². The van der Waals surface area contributed by atoms with Crippen LogP contribution in [0.5, 0.6) is 5.75 Å². The number of benzene rings is 1. The Labute approximate surface area is 120 Å². The Morgan fingerprint density at radius 1 is 1.33 bits per heavy atom. The highest BCUT2D eigenvalue weighted by atomic mass is 16.5. The van der Waals surface area contributed by atoms with Crippen molar-refractivity contribution in [3.8, 4) is 5.75 Å². The standard InChI is InChI=1S/C15H15N3O3/c1-20-12-6-3-2-5-10(12)11(16)9-18-14-13(21-15(18)19)7-4-8-17-14/h2-8,11H,9,16H2,1H3. The number of hydrogen-bond acceptors (Lipinski definition) is 5. The average molecular weight is 285 g/mol. The third-order valence-electron chi connectivity index (χ3n) is 3.34. The summed E-state index contributed by atoms with van der Waals surface area (Å²) in [6.07, 6.45) is 1.61. The third kappa shape index (κ3) is 2.41. The number of pyridine rings is 1. The largest absolute Gasteiger partial charge is 0.496 e. The van der Waals surface area contributed by atoms with Gasteiger partial charge in [-0.25, -0.2) is 9.78 Å². The van der Waals surface area contributed by atoms with E-state index in [1.54, 1.807) is 25.4 Å². The minimum atomic E-state index is -0.464. The van der Waals surface area contributed by atoms with E-state index in [0.717, 1.165) is 5.56 Å². The van der Waals surface area contributed by atoms with Crippen LogP contribution in [-0.2, 0) is 6.54 Å². The topological polar surface area (TPSA) is 83.3 Å². The summed E-state index contributed by atoms with van der Waals surface area (Å²) in [5.74, 6) is 0.229. The lowest BCUT2D eigenvalue weighted by Gasteiger charge is -2.15. The maximum absolute atomic E-state index is 11.9. The fourth-order valence-corrected chi connectivity index (χ4v) is 2.33. The van der Waals surface area contributed by atoms with Gasteiger partial charge in [0.1, 0.15) is 5.75 Å². The predicted octanol–water partition coefficient (Wildman–Crippen LogP) is 1.70. The van der Waals surface area contributed by atoms with Crippen LogP contribution in [0.25, 0.3) is 11.2 Å². The van der Waals surface area contributed by atoms with Gasteiger partial charge in [-0.15, -0.1) is 0 Å². The first-order chi connectivity index (χ1) is 10.2. The van der Waals surface area contributed by atoms with E-state index in [-0.39, 0.29) is 6.54 Å². The first-order valence-corrected chi connectivity index (χ1v) is 6.53. The fourth-order valence-electron chi connectivity index (χ4n) is 2.33. The Morgan fingerprint density at radius 3 is 2.95 bits per heavy atom. The minimum absolute atomic E-state index is 0.267. The van der Waals surface area contributed by atoms with Crippen LogP contribution in [-0.4, -0.2) is 16.7 Å². The second kappa shape index (κ2) is 5.41. The van der Waals surface area contributed by atoms with Crippen molar-refractivity contribution in [2.45, 2.75) is 12.6 Å². The van der Waals surface area contributed by atoms with Crippen molar-refractivity contribution in [1.29, 1.82) is 0 Å². The number of oxazole rings is 1. The molecule has 1 atom stereocenters. The maximum Gasteiger partial charge on any atom is 0.421 e. The highest BCUT2D eigenvalue weighted by Crippen LogP contribution is 2.24. The van der Waals surface area contributed by atoms with E-state index in [4.69, 9.17) is 14.9 Å². The Kier molecular flexibility index (Phi) is 3.45. The molecule has 0 aliphatic rings. The van der Waals surface area contributed by atoms with E-state index in [9.17, 15) is 4.79 Å². The molecule has 6 heteroatoms. The zero-order valence-corrected chi connectivity index (χ0v) is 11.5. The summed E-state index contributed by atoms with van der Waals surface area (Å²) in [7, 11) is 1.59. The second-order valence-electron chi connectivity index (χ2n) is 4.65. The van der Waals surface area contributed by atoms with Crippen LogP contribution >= 0.6 is 0 Å². The van der Waals surface area contributed by atoms with Gasteiger partial charge < -0.3 is 14.9 Å². The van der Waals surface area contributed by atoms with E-state index in [2.05, 4.69) is 4.98 Å². The van der Waals surface area contributed by atoms with E-state index < -0.39 is 11.8 Å². The lowest BCUT2D eigenvalue weighted by atomic mass is 10.1. The summed E-state index contributed by atoms with van der Waals surface area (Å²) >= 11 is 0. The highest BCUT2D eigenvalue weighted by molar-refractivity contribution is 5.67. The molecule has 0 saturated carbocycles. The van der Waals surface area contributed by atoms with Crippen LogP contribution in [0, 0.1) is 0 Å². The maximum atomic E-state index is 11.9. The molecular formula is C15H15N3O3. The molecule has 0 saturated heterocycles. The van der Waals surface area contributed by atoms with Crippen molar-refractivity contribution in [2.24, 2.45) is 5.73 Å². The summed E-state index contributed by atoms with van der Waals surface area (Å²) in [5.41, 5.74) is 7.99. The van der Waals surface area contributed by atoms with Crippen molar-refractivity contribution >= 4 is 11.2 Å². The van der Waals surface area contributed by atoms with Gasteiger partial charge in [-0.05, 0) is 18.2 Å². The Morgan fingerprint density at radius 2 is 2.14 bits per heavy atom. The van der Waals surface area contributed by atoms with Gasteiger partial charge in [-0.2, -0.15) is 0 Å². The lowest BCUT2D eigenvalue weighted by molar-refractivity contribution is 0.400. The molecule has 108 valence electrons. The number of ether oxygens (including phenoxy) is 1. The van der Waals surface area contributed by atoms with Crippen LogP contribution in [0.4, 0.5) is 0 Å². The zero-order valence-electron chi connectivity index (χ0n) is 11.5. The van der Waals surface area contributed by atoms with Gasteiger partial charge in [0.25, 0.3) is 0 Å². The van der Waals surface area contributed by atoms with Gasteiger partial charge in [0.15, 0.2) is 11.2 Å². The van der Waals surface area contributed by atoms with Crippen LogP contribution in [0.1, 0.15) is 11.6 Å². The monoisotopic (exact) mass is 285 g/mol. The van der Waals surface area contributed by atoms with Gasteiger partial charge in [-0.3, -0.25) is 4.57 Å².